The SMILES string of the molecule is COc1ccc(CCN(C)C2CCCN(Cc3cnc(N(C)C)s3)C2)cc1OC. The average Bonchev–Trinajstić information content (AvgIpc) is 3.20. The van der Waals surface area contributed by atoms with Crippen molar-refractivity contribution in [3.63, 3.8) is 0 Å². The van der Waals surface area contributed by atoms with Crippen LogP contribution in [0.5, 0.6) is 11.5 Å². The minimum absolute atomic E-state index is 0.602. The Balaban J connectivity index is 1.52. The number of methoxy groups -OCH3 is 2. The molecule has 0 bridgehead atoms. The molecule has 0 aliphatic carbocycles. The predicted octanol–water partition coefficient (Wildman–Crippen LogP) is 3.37. The molecule has 1 saturated heterocycles. The van der Waals surface area contributed by atoms with Gasteiger partial charge in [-0.3, -0.25) is 4.90 Å². The van der Waals surface area contributed by atoms with E-state index in [1.807, 2.05) is 26.4 Å². The Hall–Kier alpha value is -1.83. The molecule has 0 radical (unpaired) electrons. The van der Waals surface area contributed by atoms with Crippen LogP contribution in [0.4, 0.5) is 5.13 Å². The van der Waals surface area contributed by atoms with Gasteiger partial charge in [-0.2, -0.15) is 0 Å². The third-order valence-electron chi connectivity index (χ3n) is 5.61. The van der Waals surface area contributed by atoms with Gasteiger partial charge < -0.3 is 19.3 Å². The number of hydrogen-bond donors (Lipinski definition) is 0. The van der Waals surface area contributed by atoms with Crippen molar-refractivity contribution >= 4 is 16.5 Å². The zero-order valence-electron chi connectivity index (χ0n) is 18.4. The Labute approximate surface area is 179 Å². The number of rotatable bonds is 9. The summed E-state index contributed by atoms with van der Waals surface area (Å²) in [6.07, 6.45) is 5.56. The second-order valence-corrected chi connectivity index (χ2v) is 9.05. The molecule has 1 aliphatic heterocycles. The van der Waals surface area contributed by atoms with Gasteiger partial charge in [-0.05, 0) is 50.6 Å². The standard InChI is InChI=1S/C22H34N4O2S/c1-24(2)22-23-14-19(29-22)16-26-11-6-7-18(15-26)25(3)12-10-17-8-9-20(27-4)21(13-17)28-5/h8-9,13-14,18H,6-7,10-12,15-16H2,1-5H3. The van der Waals surface area contributed by atoms with Gasteiger partial charge in [-0.15, -0.1) is 11.3 Å². The van der Waals surface area contributed by atoms with Gasteiger partial charge in [-0.25, -0.2) is 4.98 Å². The number of ether oxygens (including phenoxy) is 2. The van der Waals surface area contributed by atoms with Crippen LogP contribution in [-0.2, 0) is 13.0 Å². The molecule has 1 fully saturated rings. The van der Waals surface area contributed by atoms with Crippen molar-refractivity contribution in [2.24, 2.45) is 0 Å². The van der Waals surface area contributed by atoms with Crippen LogP contribution in [0.25, 0.3) is 0 Å². The third-order valence-corrected chi connectivity index (χ3v) is 6.76. The Morgan fingerprint density at radius 2 is 1.97 bits per heavy atom. The first-order chi connectivity index (χ1) is 14.0. The van der Waals surface area contributed by atoms with Crippen molar-refractivity contribution in [1.82, 2.24) is 14.8 Å². The summed E-state index contributed by atoms with van der Waals surface area (Å²) in [6, 6.07) is 6.82. The van der Waals surface area contributed by atoms with E-state index < -0.39 is 0 Å². The molecule has 1 aliphatic rings. The topological polar surface area (TPSA) is 41.1 Å². The van der Waals surface area contributed by atoms with E-state index in [2.05, 4.69) is 38.9 Å². The summed E-state index contributed by atoms with van der Waals surface area (Å²) in [6.45, 7) is 4.34. The number of likely N-dealkylation sites (tertiary alicyclic amines) is 1. The number of piperidine rings is 1. The van der Waals surface area contributed by atoms with E-state index in [0.29, 0.717) is 6.04 Å². The maximum atomic E-state index is 5.43. The van der Waals surface area contributed by atoms with Crippen LogP contribution in [0.2, 0.25) is 0 Å². The molecular formula is C22H34N4O2S. The molecule has 2 heterocycles. The van der Waals surface area contributed by atoms with E-state index in [-0.39, 0.29) is 0 Å². The highest BCUT2D eigenvalue weighted by atomic mass is 32.1. The number of likely N-dealkylation sites (N-methyl/N-ethyl adjacent to an activating group) is 1. The number of benzene rings is 1. The zero-order valence-corrected chi connectivity index (χ0v) is 19.2. The summed E-state index contributed by atoms with van der Waals surface area (Å²) in [5, 5.41) is 1.08. The van der Waals surface area contributed by atoms with E-state index in [9.17, 15) is 0 Å². The smallest absolute Gasteiger partial charge is 0.185 e. The molecule has 0 amide bonds. The fourth-order valence-electron chi connectivity index (χ4n) is 3.86. The number of hydrogen-bond acceptors (Lipinski definition) is 7. The first kappa shape index (κ1) is 21.9. The van der Waals surface area contributed by atoms with Crippen LogP contribution in [0.1, 0.15) is 23.3 Å². The van der Waals surface area contributed by atoms with Crippen molar-refractivity contribution in [1.29, 1.82) is 0 Å². The molecule has 160 valence electrons. The highest BCUT2D eigenvalue weighted by Gasteiger charge is 2.23. The molecule has 1 aromatic heterocycles. The van der Waals surface area contributed by atoms with Gasteiger partial charge in [0.2, 0.25) is 0 Å². The Morgan fingerprint density at radius 1 is 1.17 bits per heavy atom. The predicted molar refractivity (Wildman–Crippen MR) is 121 cm³/mol. The van der Waals surface area contributed by atoms with Crippen molar-refractivity contribution in [3.8, 4) is 11.5 Å². The Kier molecular flexibility index (Phi) is 7.75. The van der Waals surface area contributed by atoms with Crippen LogP contribution in [-0.4, -0.2) is 75.8 Å². The summed E-state index contributed by atoms with van der Waals surface area (Å²) in [5.74, 6) is 1.59. The van der Waals surface area contributed by atoms with E-state index in [4.69, 9.17) is 9.47 Å². The average molecular weight is 419 g/mol. The van der Waals surface area contributed by atoms with Crippen molar-refractivity contribution < 1.29 is 9.47 Å². The first-order valence-electron chi connectivity index (χ1n) is 10.3. The molecule has 0 N–H and O–H groups in total. The molecular weight excluding hydrogens is 384 g/mol. The van der Waals surface area contributed by atoms with Crippen LogP contribution >= 0.6 is 11.3 Å². The molecule has 1 aromatic carbocycles. The van der Waals surface area contributed by atoms with Crippen molar-refractivity contribution in [3.05, 3.63) is 34.8 Å². The van der Waals surface area contributed by atoms with Gasteiger partial charge in [0.15, 0.2) is 16.6 Å². The number of anilines is 1. The first-order valence-corrected chi connectivity index (χ1v) is 11.1. The largest absolute Gasteiger partial charge is 0.493 e. The lowest BCUT2D eigenvalue weighted by molar-refractivity contribution is 0.113. The van der Waals surface area contributed by atoms with Crippen LogP contribution in [0.15, 0.2) is 24.4 Å². The molecule has 1 atom stereocenters. The van der Waals surface area contributed by atoms with Crippen LogP contribution in [0.3, 0.4) is 0 Å². The van der Waals surface area contributed by atoms with Gasteiger partial charge in [-0.1, -0.05) is 6.07 Å². The number of aromatic nitrogens is 1. The quantitative estimate of drug-likeness (QED) is 0.622. The van der Waals surface area contributed by atoms with Gasteiger partial charge in [0.1, 0.15) is 0 Å². The molecule has 0 saturated carbocycles. The normalized spacial score (nSPS) is 17.5. The number of nitrogens with zero attached hydrogens (tertiary/aromatic N) is 4. The van der Waals surface area contributed by atoms with Gasteiger partial charge >= 0.3 is 0 Å². The molecule has 1 unspecified atom stereocenters. The molecule has 6 nitrogen and oxygen atoms in total. The van der Waals surface area contributed by atoms with Crippen LogP contribution < -0.4 is 14.4 Å². The fourth-order valence-corrected chi connectivity index (χ4v) is 4.73. The van der Waals surface area contributed by atoms with Crippen molar-refractivity contribution in [2.75, 3.05) is 59.9 Å². The molecule has 29 heavy (non-hydrogen) atoms. The van der Waals surface area contributed by atoms with E-state index in [1.54, 1.807) is 25.6 Å². The lowest BCUT2D eigenvalue weighted by Crippen LogP contribution is -2.46. The van der Waals surface area contributed by atoms with Crippen molar-refractivity contribution in [2.45, 2.75) is 31.8 Å². The molecule has 3 rings (SSSR count). The van der Waals surface area contributed by atoms with Gasteiger partial charge in [0, 0.05) is 50.8 Å². The number of thiazole rings is 1. The Morgan fingerprint density at radius 3 is 2.66 bits per heavy atom. The fraction of sp³-hybridized carbons (Fsp3) is 0.591. The minimum Gasteiger partial charge on any atom is -0.493 e. The second-order valence-electron chi connectivity index (χ2n) is 7.95. The minimum atomic E-state index is 0.602. The summed E-state index contributed by atoms with van der Waals surface area (Å²) < 4.78 is 10.8. The van der Waals surface area contributed by atoms with E-state index >= 15 is 0 Å². The molecule has 7 heteroatoms. The monoisotopic (exact) mass is 418 g/mol. The maximum Gasteiger partial charge on any atom is 0.185 e. The van der Waals surface area contributed by atoms with Gasteiger partial charge in [0.25, 0.3) is 0 Å². The third kappa shape index (κ3) is 5.84. The Bertz CT molecular complexity index is 780. The highest BCUT2D eigenvalue weighted by Crippen LogP contribution is 2.28. The second kappa shape index (κ2) is 10.3. The lowest BCUT2D eigenvalue weighted by Gasteiger charge is -2.37. The van der Waals surface area contributed by atoms with Gasteiger partial charge in [0.05, 0.1) is 14.2 Å². The summed E-state index contributed by atoms with van der Waals surface area (Å²) >= 11 is 1.80. The van der Waals surface area contributed by atoms with Crippen LogP contribution in [0, 0.1) is 0 Å². The van der Waals surface area contributed by atoms with E-state index in [1.165, 1.54) is 29.8 Å². The summed E-state index contributed by atoms with van der Waals surface area (Å²) in [7, 11) is 9.72. The summed E-state index contributed by atoms with van der Waals surface area (Å²) in [5.41, 5.74) is 1.28. The zero-order chi connectivity index (χ0) is 20.8. The molecule has 0 spiro atoms. The maximum absolute atomic E-state index is 5.43. The summed E-state index contributed by atoms with van der Waals surface area (Å²) in [4.78, 5) is 13.0. The lowest BCUT2D eigenvalue weighted by atomic mass is 10.0. The highest BCUT2D eigenvalue weighted by molar-refractivity contribution is 7.15. The van der Waals surface area contributed by atoms with E-state index in [0.717, 1.165) is 42.7 Å². The molecule has 2 aromatic rings.